The summed E-state index contributed by atoms with van der Waals surface area (Å²) in [5, 5.41) is 0. The lowest BCUT2D eigenvalue weighted by Crippen LogP contribution is -2.31. The molecule has 3 nitrogen and oxygen atoms in total. The Morgan fingerprint density at radius 3 is 2.57 bits per heavy atom. The highest BCUT2D eigenvalue weighted by atomic mass is 14.8. The van der Waals surface area contributed by atoms with Crippen LogP contribution in [0.4, 0.5) is 5.69 Å². The zero-order valence-electron chi connectivity index (χ0n) is 12.6. The SMILES string of the molecule is CC(C)C[C@H](N)C1=Nc2ccc(-c3ccncc3)cc2C1. The number of rotatable bonds is 4. The summed E-state index contributed by atoms with van der Waals surface area (Å²) >= 11 is 0. The van der Waals surface area contributed by atoms with Gasteiger partial charge in [-0.1, -0.05) is 19.9 Å². The van der Waals surface area contributed by atoms with Crippen molar-refractivity contribution < 1.29 is 0 Å². The fourth-order valence-electron chi connectivity index (χ4n) is 2.81. The third-order valence-electron chi connectivity index (χ3n) is 3.88. The third kappa shape index (κ3) is 3.03. The average Bonchev–Trinajstić information content (AvgIpc) is 2.90. The quantitative estimate of drug-likeness (QED) is 0.926. The molecule has 1 aromatic carbocycles. The topological polar surface area (TPSA) is 51.3 Å². The van der Waals surface area contributed by atoms with E-state index in [-0.39, 0.29) is 6.04 Å². The van der Waals surface area contributed by atoms with Gasteiger partial charge in [-0.05, 0) is 53.3 Å². The Bertz CT molecular complexity index is 659. The average molecular weight is 279 g/mol. The molecule has 0 fully saturated rings. The molecule has 1 aliphatic heterocycles. The van der Waals surface area contributed by atoms with Gasteiger partial charge in [-0.2, -0.15) is 0 Å². The van der Waals surface area contributed by atoms with E-state index in [0.29, 0.717) is 5.92 Å². The molecule has 0 spiro atoms. The molecule has 108 valence electrons. The fourth-order valence-corrected chi connectivity index (χ4v) is 2.81. The van der Waals surface area contributed by atoms with E-state index < -0.39 is 0 Å². The summed E-state index contributed by atoms with van der Waals surface area (Å²) in [6.45, 7) is 4.40. The van der Waals surface area contributed by atoms with Crippen LogP contribution in [0, 0.1) is 5.92 Å². The molecule has 2 heterocycles. The molecule has 0 unspecified atom stereocenters. The minimum absolute atomic E-state index is 0.0711. The van der Waals surface area contributed by atoms with Gasteiger partial charge in [0.1, 0.15) is 0 Å². The van der Waals surface area contributed by atoms with Crippen molar-refractivity contribution in [3.05, 3.63) is 48.3 Å². The summed E-state index contributed by atoms with van der Waals surface area (Å²) in [5.41, 5.74) is 12.1. The van der Waals surface area contributed by atoms with Crippen molar-refractivity contribution in [2.24, 2.45) is 16.6 Å². The molecule has 2 N–H and O–H groups in total. The van der Waals surface area contributed by atoms with Crippen molar-refractivity contribution in [2.75, 3.05) is 0 Å². The number of hydrogen-bond donors (Lipinski definition) is 1. The monoisotopic (exact) mass is 279 g/mol. The van der Waals surface area contributed by atoms with Crippen LogP contribution in [0.5, 0.6) is 0 Å². The first-order valence-electron chi connectivity index (χ1n) is 7.50. The summed E-state index contributed by atoms with van der Waals surface area (Å²) < 4.78 is 0. The Kier molecular flexibility index (Phi) is 3.84. The molecule has 0 amide bonds. The molecule has 0 saturated heterocycles. The van der Waals surface area contributed by atoms with E-state index in [2.05, 4.69) is 37.0 Å². The van der Waals surface area contributed by atoms with Crippen LogP contribution in [0.25, 0.3) is 11.1 Å². The number of pyridine rings is 1. The number of nitrogens with zero attached hydrogens (tertiary/aromatic N) is 2. The highest BCUT2D eigenvalue weighted by Crippen LogP contribution is 2.32. The van der Waals surface area contributed by atoms with Crippen LogP contribution >= 0.6 is 0 Å². The molecule has 0 saturated carbocycles. The van der Waals surface area contributed by atoms with Crippen molar-refractivity contribution in [1.29, 1.82) is 0 Å². The van der Waals surface area contributed by atoms with Crippen LogP contribution in [0.15, 0.2) is 47.7 Å². The zero-order chi connectivity index (χ0) is 14.8. The fraction of sp³-hybridized carbons (Fsp3) is 0.333. The van der Waals surface area contributed by atoms with E-state index in [1.54, 1.807) is 0 Å². The minimum atomic E-state index is 0.0711. The highest BCUT2D eigenvalue weighted by Gasteiger charge is 2.21. The molecule has 21 heavy (non-hydrogen) atoms. The second kappa shape index (κ2) is 5.78. The van der Waals surface area contributed by atoms with E-state index in [1.807, 2.05) is 24.5 Å². The zero-order valence-corrected chi connectivity index (χ0v) is 12.6. The minimum Gasteiger partial charge on any atom is -0.323 e. The van der Waals surface area contributed by atoms with E-state index in [1.165, 1.54) is 16.7 Å². The van der Waals surface area contributed by atoms with Crippen LogP contribution in [0.2, 0.25) is 0 Å². The summed E-state index contributed by atoms with van der Waals surface area (Å²) in [7, 11) is 0. The Labute approximate surface area is 125 Å². The summed E-state index contributed by atoms with van der Waals surface area (Å²) in [5.74, 6) is 0.596. The lowest BCUT2D eigenvalue weighted by atomic mass is 9.96. The standard InChI is InChI=1S/C18H21N3/c1-12(2)9-16(19)18-11-15-10-14(3-4-17(15)21-18)13-5-7-20-8-6-13/h3-8,10,12,16H,9,11,19H2,1-2H3/t16-/m0/s1. The highest BCUT2D eigenvalue weighted by molar-refractivity contribution is 5.98. The van der Waals surface area contributed by atoms with Gasteiger partial charge < -0.3 is 5.73 Å². The molecular formula is C18H21N3. The Morgan fingerprint density at radius 2 is 1.86 bits per heavy atom. The van der Waals surface area contributed by atoms with Crippen molar-refractivity contribution in [1.82, 2.24) is 4.98 Å². The number of hydrogen-bond acceptors (Lipinski definition) is 3. The molecule has 0 aliphatic carbocycles. The third-order valence-corrected chi connectivity index (χ3v) is 3.88. The van der Waals surface area contributed by atoms with Crippen LogP contribution < -0.4 is 5.73 Å². The Hall–Kier alpha value is -2.00. The number of benzene rings is 1. The van der Waals surface area contributed by atoms with Gasteiger partial charge in [-0.25, -0.2) is 0 Å². The molecule has 2 aromatic rings. The first kappa shape index (κ1) is 14.0. The van der Waals surface area contributed by atoms with Gasteiger partial charge in [-0.15, -0.1) is 0 Å². The van der Waals surface area contributed by atoms with Gasteiger partial charge in [0.25, 0.3) is 0 Å². The maximum atomic E-state index is 6.27. The normalized spacial score (nSPS) is 15.0. The van der Waals surface area contributed by atoms with Gasteiger partial charge in [0, 0.05) is 30.6 Å². The molecule has 3 rings (SSSR count). The largest absolute Gasteiger partial charge is 0.323 e. The van der Waals surface area contributed by atoms with Crippen LogP contribution in [-0.4, -0.2) is 16.7 Å². The van der Waals surface area contributed by atoms with Crippen molar-refractivity contribution in [3.8, 4) is 11.1 Å². The van der Waals surface area contributed by atoms with E-state index in [9.17, 15) is 0 Å². The molecule has 1 atom stereocenters. The number of nitrogens with two attached hydrogens (primary N) is 1. The van der Waals surface area contributed by atoms with Crippen LogP contribution in [0.3, 0.4) is 0 Å². The number of aliphatic imine (C=N–C) groups is 1. The van der Waals surface area contributed by atoms with Crippen molar-refractivity contribution in [3.63, 3.8) is 0 Å². The van der Waals surface area contributed by atoms with Gasteiger partial charge in [0.2, 0.25) is 0 Å². The molecule has 1 aromatic heterocycles. The lowest BCUT2D eigenvalue weighted by Gasteiger charge is -2.13. The van der Waals surface area contributed by atoms with Gasteiger partial charge >= 0.3 is 0 Å². The number of aromatic nitrogens is 1. The molecule has 3 heteroatoms. The smallest absolute Gasteiger partial charge is 0.0666 e. The van der Waals surface area contributed by atoms with E-state index in [0.717, 1.165) is 24.2 Å². The molecular weight excluding hydrogens is 258 g/mol. The number of fused-ring (bicyclic) bond motifs is 1. The lowest BCUT2D eigenvalue weighted by molar-refractivity contribution is 0.558. The van der Waals surface area contributed by atoms with Crippen molar-refractivity contribution in [2.45, 2.75) is 32.7 Å². The maximum absolute atomic E-state index is 6.27. The molecule has 1 aliphatic rings. The van der Waals surface area contributed by atoms with Crippen molar-refractivity contribution >= 4 is 11.4 Å². The second-order valence-corrected chi connectivity index (χ2v) is 6.10. The molecule has 0 bridgehead atoms. The van der Waals surface area contributed by atoms with Gasteiger partial charge in [0.15, 0.2) is 0 Å². The van der Waals surface area contributed by atoms with E-state index in [4.69, 9.17) is 10.7 Å². The second-order valence-electron chi connectivity index (χ2n) is 6.10. The Balaban J connectivity index is 1.82. The molecule has 0 radical (unpaired) electrons. The van der Waals surface area contributed by atoms with E-state index >= 15 is 0 Å². The first-order chi connectivity index (χ1) is 10.1. The summed E-state index contributed by atoms with van der Waals surface area (Å²) in [4.78, 5) is 8.79. The first-order valence-corrected chi connectivity index (χ1v) is 7.50. The van der Waals surface area contributed by atoms with Crippen LogP contribution in [-0.2, 0) is 6.42 Å². The summed E-state index contributed by atoms with van der Waals surface area (Å²) in [6, 6.07) is 10.6. The predicted molar refractivity (Wildman–Crippen MR) is 87.9 cm³/mol. The Morgan fingerprint density at radius 1 is 1.10 bits per heavy atom. The van der Waals surface area contributed by atoms with Crippen LogP contribution in [0.1, 0.15) is 25.8 Å². The summed E-state index contributed by atoms with van der Waals surface area (Å²) in [6.07, 6.45) is 5.51. The predicted octanol–water partition coefficient (Wildman–Crippen LogP) is 3.75. The van der Waals surface area contributed by atoms with Gasteiger partial charge in [0.05, 0.1) is 5.69 Å². The maximum Gasteiger partial charge on any atom is 0.0666 e. The van der Waals surface area contributed by atoms with Gasteiger partial charge in [-0.3, -0.25) is 9.98 Å².